The molecule has 0 fully saturated rings. The van der Waals surface area contributed by atoms with Crippen LogP contribution in [0, 0.1) is 6.92 Å². The van der Waals surface area contributed by atoms with Crippen molar-refractivity contribution in [2.75, 3.05) is 6.61 Å². The number of aryl methyl sites for hydroxylation is 1. The maximum absolute atomic E-state index is 11.1. The number of hydrogen-bond donors (Lipinski definition) is 0. The van der Waals surface area contributed by atoms with Gasteiger partial charge in [-0.05, 0) is 25.4 Å². The van der Waals surface area contributed by atoms with Gasteiger partial charge in [0.2, 0.25) is 0 Å². The van der Waals surface area contributed by atoms with E-state index in [9.17, 15) is 4.79 Å². The lowest BCUT2D eigenvalue weighted by Crippen LogP contribution is -2.04. The highest BCUT2D eigenvalue weighted by atomic mass is 32.1. The summed E-state index contributed by atoms with van der Waals surface area (Å²) in [4.78, 5) is 12.0. The highest BCUT2D eigenvalue weighted by molar-refractivity contribution is 7.06. The maximum atomic E-state index is 11.1. The summed E-state index contributed by atoms with van der Waals surface area (Å²) in [6.07, 6.45) is 1.54. The topological polar surface area (TPSA) is 39.2 Å². The second-order valence-corrected chi connectivity index (χ2v) is 3.02. The first-order valence-corrected chi connectivity index (χ1v) is 4.11. The van der Waals surface area contributed by atoms with Crippen LogP contribution in [0.4, 0.5) is 0 Å². The van der Waals surface area contributed by atoms with Gasteiger partial charge in [0.25, 0.3) is 0 Å². The molecule has 0 amide bonds. The zero-order chi connectivity index (χ0) is 8.27. The second kappa shape index (κ2) is 3.48. The SMILES string of the molecule is CCOC(=O)c1cnsc1C. The Morgan fingerprint density at radius 1 is 1.82 bits per heavy atom. The highest BCUT2D eigenvalue weighted by Gasteiger charge is 2.10. The monoisotopic (exact) mass is 171 g/mol. The molecule has 1 rings (SSSR count). The van der Waals surface area contributed by atoms with Gasteiger partial charge in [-0.3, -0.25) is 0 Å². The van der Waals surface area contributed by atoms with Crippen LogP contribution in [-0.2, 0) is 4.74 Å². The zero-order valence-corrected chi connectivity index (χ0v) is 7.27. The fourth-order valence-corrected chi connectivity index (χ4v) is 1.25. The van der Waals surface area contributed by atoms with Crippen molar-refractivity contribution in [1.29, 1.82) is 0 Å². The maximum Gasteiger partial charge on any atom is 0.340 e. The van der Waals surface area contributed by atoms with Crippen LogP contribution in [0.3, 0.4) is 0 Å². The summed E-state index contributed by atoms with van der Waals surface area (Å²) >= 11 is 1.31. The first-order valence-electron chi connectivity index (χ1n) is 3.34. The third kappa shape index (κ3) is 1.77. The largest absolute Gasteiger partial charge is 0.462 e. The van der Waals surface area contributed by atoms with E-state index < -0.39 is 0 Å². The molecule has 0 aliphatic carbocycles. The number of rotatable bonds is 2. The summed E-state index contributed by atoms with van der Waals surface area (Å²) in [5.41, 5.74) is 0.580. The molecule has 1 aromatic rings. The quantitative estimate of drug-likeness (QED) is 0.635. The Bertz CT molecular complexity index is 257. The third-order valence-electron chi connectivity index (χ3n) is 1.25. The molecule has 0 unspecified atom stereocenters. The van der Waals surface area contributed by atoms with Gasteiger partial charge in [-0.2, -0.15) is 4.37 Å². The highest BCUT2D eigenvalue weighted by Crippen LogP contribution is 2.12. The van der Waals surface area contributed by atoms with Gasteiger partial charge in [0, 0.05) is 4.88 Å². The van der Waals surface area contributed by atoms with Crippen LogP contribution in [0.2, 0.25) is 0 Å². The third-order valence-corrected chi connectivity index (χ3v) is 1.95. The molecule has 0 radical (unpaired) electrons. The van der Waals surface area contributed by atoms with Gasteiger partial charge in [0.1, 0.15) is 0 Å². The number of ether oxygens (including phenoxy) is 1. The molecule has 1 aromatic heterocycles. The summed E-state index contributed by atoms with van der Waals surface area (Å²) in [6.45, 7) is 4.05. The van der Waals surface area contributed by atoms with E-state index in [1.54, 1.807) is 6.92 Å². The van der Waals surface area contributed by atoms with Crippen LogP contribution in [0.1, 0.15) is 22.2 Å². The smallest absolute Gasteiger partial charge is 0.340 e. The lowest BCUT2D eigenvalue weighted by Gasteiger charge is -1.97. The molecule has 0 N–H and O–H groups in total. The van der Waals surface area contributed by atoms with Crippen molar-refractivity contribution in [1.82, 2.24) is 4.37 Å². The molecule has 0 aliphatic rings. The molecule has 11 heavy (non-hydrogen) atoms. The molecule has 0 saturated carbocycles. The van der Waals surface area contributed by atoms with E-state index in [1.165, 1.54) is 17.7 Å². The Morgan fingerprint density at radius 3 is 3.00 bits per heavy atom. The van der Waals surface area contributed by atoms with E-state index in [-0.39, 0.29) is 5.97 Å². The molecule has 0 aromatic carbocycles. The van der Waals surface area contributed by atoms with Crippen LogP contribution >= 0.6 is 11.5 Å². The Labute approximate surface area is 69.2 Å². The predicted octanol–water partition coefficient (Wildman–Crippen LogP) is 1.63. The first kappa shape index (κ1) is 8.20. The van der Waals surface area contributed by atoms with E-state index in [0.717, 1.165) is 4.88 Å². The molecule has 0 aliphatic heterocycles. The van der Waals surface area contributed by atoms with Crippen molar-refractivity contribution in [2.45, 2.75) is 13.8 Å². The van der Waals surface area contributed by atoms with Crippen molar-refractivity contribution >= 4 is 17.5 Å². The van der Waals surface area contributed by atoms with Crippen molar-refractivity contribution in [3.8, 4) is 0 Å². The molecule has 3 nitrogen and oxygen atoms in total. The van der Waals surface area contributed by atoms with Crippen LogP contribution in [-0.4, -0.2) is 16.9 Å². The van der Waals surface area contributed by atoms with E-state index in [1.807, 2.05) is 6.92 Å². The molecule has 4 heteroatoms. The average molecular weight is 171 g/mol. The second-order valence-electron chi connectivity index (χ2n) is 2.02. The summed E-state index contributed by atoms with van der Waals surface area (Å²) in [7, 11) is 0. The van der Waals surface area contributed by atoms with Gasteiger partial charge in [-0.1, -0.05) is 0 Å². The van der Waals surface area contributed by atoms with Crippen molar-refractivity contribution < 1.29 is 9.53 Å². The van der Waals surface area contributed by atoms with E-state index in [0.29, 0.717) is 12.2 Å². The van der Waals surface area contributed by atoms with Gasteiger partial charge >= 0.3 is 5.97 Å². The Balaban J connectivity index is 2.76. The normalized spacial score (nSPS) is 9.64. The molecular formula is C7H9NO2S. The Kier molecular flexibility index (Phi) is 2.59. The molecular weight excluding hydrogens is 162 g/mol. The Morgan fingerprint density at radius 2 is 2.55 bits per heavy atom. The van der Waals surface area contributed by atoms with Crippen LogP contribution < -0.4 is 0 Å². The predicted molar refractivity (Wildman–Crippen MR) is 42.8 cm³/mol. The Hall–Kier alpha value is -0.900. The number of aromatic nitrogens is 1. The minimum absolute atomic E-state index is 0.279. The minimum Gasteiger partial charge on any atom is -0.462 e. The molecule has 60 valence electrons. The molecule has 0 bridgehead atoms. The lowest BCUT2D eigenvalue weighted by molar-refractivity contribution is 0.0526. The summed E-state index contributed by atoms with van der Waals surface area (Å²) in [5.74, 6) is -0.279. The van der Waals surface area contributed by atoms with Gasteiger partial charge < -0.3 is 4.74 Å². The summed E-state index contributed by atoms with van der Waals surface area (Å²) in [6, 6.07) is 0. The number of esters is 1. The molecule has 1 heterocycles. The fraction of sp³-hybridized carbons (Fsp3) is 0.429. The van der Waals surface area contributed by atoms with Crippen molar-refractivity contribution in [3.63, 3.8) is 0 Å². The van der Waals surface area contributed by atoms with E-state index in [4.69, 9.17) is 4.74 Å². The standard InChI is InChI=1S/C7H9NO2S/c1-3-10-7(9)6-4-8-11-5(6)2/h4H,3H2,1-2H3. The first-order chi connectivity index (χ1) is 5.25. The number of carbonyl (C=O) groups excluding carboxylic acids is 1. The summed E-state index contributed by atoms with van der Waals surface area (Å²) in [5, 5.41) is 0. The molecule has 0 spiro atoms. The van der Waals surface area contributed by atoms with E-state index in [2.05, 4.69) is 4.37 Å². The van der Waals surface area contributed by atoms with Crippen molar-refractivity contribution in [3.05, 3.63) is 16.6 Å². The van der Waals surface area contributed by atoms with Crippen LogP contribution in [0.15, 0.2) is 6.20 Å². The number of nitrogens with zero attached hydrogens (tertiary/aromatic N) is 1. The number of carbonyl (C=O) groups is 1. The minimum atomic E-state index is -0.279. The van der Waals surface area contributed by atoms with Gasteiger partial charge in [-0.25, -0.2) is 4.79 Å². The van der Waals surface area contributed by atoms with Crippen LogP contribution in [0.25, 0.3) is 0 Å². The number of hydrogen-bond acceptors (Lipinski definition) is 4. The zero-order valence-electron chi connectivity index (χ0n) is 6.46. The van der Waals surface area contributed by atoms with Gasteiger partial charge in [0.05, 0.1) is 18.4 Å². The molecule has 0 atom stereocenters. The lowest BCUT2D eigenvalue weighted by atomic mass is 10.3. The van der Waals surface area contributed by atoms with Crippen LogP contribution in [0.5, 0.6) is 0 Å². The van der Waals surface area contributed by atoms with Crippen molar-refractivity contribution in [2.24, 2.45) is 0 Å². The summed E-state index contributed by atoms with van der Waals surface area (Å²) < 4.78 is 8.66. The van der Waals surface area contributed by atoms with Gasteiger partial charge in [0.15, 0.2) is 0 Å². The van der Waals surface area contributed by atoms with E-state index >= 15 is 0 Å². The fourth-order valence-electron chi connectivity index (χ4n) is 0.703. The molecule has 0 saturated heterocycles. The van der Waals surface area contributed by atoms with Gasteiger partial charge in [-0.15, -0.1) is 0 Å². The average Bonchev–Trinajstić information content (AvgIpc) is 2.36.